The molecule has 0 saturated heterocycles. The lowest BCUT2D eigenvalue weighted by atomic mass is 10.0. The molecule has 3 atom stereocenters. The largest absolute Gasteiger partial charge is 0.480 e. The van der Waals surface area contributed by atoms with Gasteiger partial charge in [0.2, 0.25) is 17.7 Å². The molecule has 33 heavy (non-hydrogen) atoms. The highest BCUT2D eigenvalue weighted by atomic mass is 16.4. The lowest BCUT2D eigenvalue weighted by Gasteiger charge is -2.21. The van der Waals surface area contributed by atoms with Gasteiger partial charge in [0.05, 0.1) is 19.2 Å². The summed E-state index contributed by atoms with van der Waals surface area (Å²) < 4.78 is 0. The van der Waals surface area contributed by atoms with Gasteiger partial charge in [0.25, 0.3) is 0 Å². The van der Waals surface area contributed by atoms with Crippen molar-refractivity contribution >= 4 is 29.7 Å². The molecule has 0 saturated carbocycles. The summed E-state index contributed by atoms with van der Waals surface area (Å²) >= 11 is 0. The summed E-state index contributed by atoms with van der Waals surface area (Å²) in [6.07, 6.45) is 0.822. The summed E-state index contributed by atoms with van der Waals surface area (Å²) in [5, 5.41) is 25.2. The highest BCUT2D eigenvalue weighted by molar-refractivity contribution is 5.92. The van der Waals surface area contributed by atoms with E-state index in [0.717, 1.165) is 0 Å². The SMILES string of the molecule is NC(N)=NCCCC(N)C(=O)NCC(=O)NC(Cc1ccccc1)C(=O)NC(CO)C(=O)O. The molecule has 0 radical (unpaired) electrons. The van der Waals surface area contributed by atoms with Crippen molar-refractivity contribution < 1.29 is 29.4 Å². The minimum Gasteiger partial charge on any atom is -0.480 e. The molecule has 0 aromatic heterocycles. The van der Waals surface area contributed by atoms with E-state index in [1.165, 1.54) is 0 Å². The number of carbonyl (C=O) groups excluding carboxylic acids is 3. The number of amides is 3. The Kier molecular flexibility index (Phi) is 11.9. The van der Waals surface area contributed by atoms with Gasteiger partial charge in [0, 0.05) is 13.0 Å². The molecule has 1 aromatic rings. The van der Waals surface area contributed by atoms with Gasteiger partial charge in [-0.1, -0.05) is 30.3 Å². The van der Waals surface area contributed by atoms with Crippen LogP contribution in [0, 0.1) is 0 Å². The maximum atomic E-state index is 12.6. The number of carboxylic acid groups (broad SMARTS) is 1. The van der Waals surface area contributed by atoms with Crippen molar-refractivity contribution in [3.8, 4) is 0 Å². The Balaban J connectivity index is 2.67. The van der Waals surface area contributed by atoms with E-state index in [-0.39, 0.29) is 12.4 Å². The fourth-order valence-corrected chi connectivity index (χ4v) is 2.71. The smallest absolute Gasteiger partial charge is 0.328 e. The van der Waals surface area contributed by atoms with E-state index in [9.17, 15) is 19.2 Å². The van der Waals surface area contributed by atoms with Crippen molar-refractivity contribution in [1.82, 2.24) is 16.0 Å². The second kappa shape index (κ2) is 14.4. The number of hydrogen-bond acceptors (Lipinski definition) is 7. The summed E-state index contributed by atoms with van der Waals surface area (Å²) in [6.45, 7) is -0.948. The number of nitrogens with two attached hydrogens (primary N) is 3. The predicted octanol–water partition coefficient (Wildman–Crippen LogP) is -3.23. The third-order valence-corrected chi connectivity index (χ3v) is 4.46. The van der Waals surface area contributed by atoms with Crippen LogP contribution in [-0.2, 0) is 25.6 Å². The van der Waals surface area contributed by atoms with Crippen molar-refractivity contribution in [1.29, 1.82) is 0 Å². The molecular weight excluding hydrogens is 434 g/mol. The van der Waals surface area contributed by atoms with Crippen LogP contribution < -0.4 is 33.2 Å². The van der Waals surface area contributed by atoms with Crippen molar-refractivity contribution in [3.05, 3.63) is 35.9 Å². The van der Waals surface area contributed by atoms with Crippen LogP contribution in [0.1, 0.15) is 18.4 Å². The molecular formula is C20H31N7O6. The fourth-order valence-electron chi connectivity index (χ4n) is 2.71. The average Bonchev–Trinajstić information content (AvgIpc) is 2.78. The number of carbonyl (C=O) groups is 4. The average molecular weight is 466 g/mol. The van der Waals surface area contributed by atoms with Gasteiger partial charge in [-0.3, -0.25) is 19.4 Å². The number of aliphatic imine (C=N–C) groups is 1. The number of carboxylic acids is 1. The number of aliphatic hydroxyl groups is 1. The van der Waals surface area contributed by atoms with E-state index >= 15 is 0 Å². The van der Waals surface area contributed by atoms with E-state index in [1.807, 2.05) is 0 Å². The first kappa shape index (κ1) is 27.3. The van der Waals surface area contributed by atoms with Gasteiger partial charge in [-0.25, -0.2) is 4.79 Å². The van der Waals surface area contributed by atoms with Gasteiger partial charge in [0.1, 0.15) is 12.1 Å². The van der Waals surface area contributed by atoms with E-state index in [1.54, 1.807) is 30.3 Å². The number of hydrogen-bond donors (Lipinski definition) is 8. The first-order chi connectivity index (χ1) is 15.6. The Morgan fingerprint density at radius 2 is 1.67 bits per heavy atom. The molecule has 0 bridgehead atoms. The Morgan fingerprint density at radius 1 is 1.00 bits per heavy atom. The zero-order valence-corrected chi connectivity index (χ0v) is 18.1. The van der Waals surface area contributed by atoms with Gasteiger partial charge in [0.15, 0.2) is 5.96 Å². The molecule has 1 rings (SSSR count). The van der Waals surface area contributed by atoms with Crippen LogP contribution >= 0.6 is 0 Å². The van der Waals surface area contributed by atoms with Crippen molar-refractivity contribution in [3.63, 3.8) is 0 Å². The highest BCUT2D eigenvalue weighted by Gasteiger charge is 2.26. The number of nitrogens with one attached hydrogen (secondary N) is 3. The number of benzene rings is 1. The van der Waals surface area contributed by atoms with Crippen LogP contribution in [-0.4, -0.2) is 77.7 Å². The van der Waals surface area contributed by atoms with Crippen molar-refractivity contribution in [2.45, 2.75) is 37.4 Å². The molecule has 0 spiro atoms. The molecule has 0 fully saturated rings. The second-order valence-electron chi connectivity index (χ2n) is 7.16. The van der Waals surface area contributed by atoms with Crippen LogP contribution in [0.15, 0.2) is 35.3 Å². The Morgan fingerprint density at radius 3 is 2.24 bits per heavy atom. The minimum absolute atomic E-state index is 0.0625. The Labute approximate surface area is 190 Å². The number of aliphatic hydroxyl groups excluding tert-OH is 1. The third-order valence-electron chi connectivity index (χ3n) is 4.46. The lowest BCUT2D eigenvalue weighted by molar-refractivity contribution is -0.143. The topological polar surface area (TPSA) is 235 Å². The van der Waals surface area contributed by atoms with E-state index in [0.29, 0.717) is 24.9 Å². The second-order valence-corrected chi connectivity index (χ2v) is 7.16. The molecule has 1 aromatic carbocycles. The normalized spacial score (nSPS) is 13.2. The van der Waals surface area contributed by atoms with E-state index in [2.05, 4.69) is 20.9 Å². The highest BCUT2D eigenvalue weighted by Crippen LogP contribution is 2.04. The maximum Gasteiger partial charge on any atom is 0.328 e. The molecule has 13 nitrogen and oxygen atoms in total. The van der Waals surface area contributed by atoms with Crippen LogP contribution in [0.25, 0.3) is 0 Å². The number of nitrogens with zero attached hydrogens (tertiary/aromatic N) is 1. The third kappa shape index (κ3) is 10.9. The first-order valence-corrected chi connectivity index (χ1v) is 10.2. The zero-order chi connectivity index (χ0) is 24.8. The van der Waals surface area contributed by atoms with Gasteiger partial charge in [-0.05, 0) is 18.4 Å². The maximum absolute atomic E-state index is 12.6. The van der Waals surface area contributed by atoms with Crippen LogP contribution in [0.2, 0.25) is 0 Å². The standard InChI is InChI=1S/C20H31N7O6/c21-13(7-4-8-24-20(22)23)17(30)25-10-16(29)26-14(9-12-5-2-1-3-6-12)18(31)27-15(11-28)19(32)33/h1-3,5-6,13-15,28H,4,7-11,21H2,(H,25,30)(H,26,29)(H,27,31)(H,32,33)(H4,22,23,24). The minimum atomic E-state index is -1.52. The molecule has 13 heteroatoms. The van der Waals surface area contributed by atoms with Crippen LogP contribution in [0.5, 0.6) is 0 Å². The van der Waals surface area contributed by atoms with Gasteiger partial charge < -0.3 is 43.4 Å². The zero-order valence-electron chi connectivity index (χ0n) is 18.1. The molecule has 3 unspecified atom stereocenters. The van der Waals surface area contributed by atoms with E-state index < -0.39 is 55.0 Å². The number of rotatable bonds is 14. The summed E-state index contributed by atoms with van der Waals surface area (Å²) in [5.41, 5.74) is 16.9. The van der Waals surface area contributed by atoms with Crippen molar-refractivity contribution in [2.75, 3.05) is 19.7 Å². The quantitative estimate of drug-likeness (QED) is 0.0782. The molecule has 182 valence electrons. The van der Waals surface area contributed by atoms with Crippen LogP contribution in [0.4, 0.5) is 0 Å². The van der Waals surface area contributed by atoms with Gasteiger partial charge in [-0.15, -0.1) is 0 Å². The van der Waals surface area contributed by atoms with Gasteiger partial charge >= 0.3 is 5.97 Å². The molecule has 11 N–H and O–H groups in total. The predicted molar refractivity (Wildman–Crippen MR) is 120 cm³/mol. The summed E-state index contributed by atoms with van der Waals surface area (Å²) in [5.74, 6) is -3.52. The summed E-state index contributed by atoms with van der Waals surface area (Å²) in [6, 6.07) is 5.19. The summed E-state index contributed by atoms with van der Waals surface area (Å²) in [4.78, 5) is 51.9. The molecule has 3 amide bonds. The molecule has 0 aliphatic heterocycles. The number of guanidine groups is 1. The monoisotopic (exact) mass is 465 g/mol. The summed E-state index contributed by atoms with van der Waals surface area (Å²) in [7, 11) is 0. The van der Waals surface area contributed by atoms with Gasteiger partial charge in [-0.2, -0.15) is 0 Å². The van der Waals surface area contributed by atoms with E-state index in [4.69, 9.17) is 27.4 Å². The molecule has 0 aliphatic rings. The van der Waals surface area contributed by atoms with Crippen LogP contribution in [0.3, 0.4) is 0 Å². The molecule has 0 aliphatic carbocycles. The fraction of sp³-hybridized carbons (Fsp3) is 0.450. The Hall–Kier alpha value is -3.71. The van der Waals surface area contributed by atoms with Crippen molar-refractivity contribution in [2.24, 2.45) is 22.2 Å². The number of aliphatic carboxylic acids is 1. The molecule has 0 heterocycles. The Bertz CT molecular complexity index is 829. The lowest BCUT2D eigenvalue weighted by Crippen LogP contribution is -2.55. The first-order valence-electron chi connectivity index (χ1n) is 10.2.